The highest BCUT2D eigenvalue weighted by molar-refractivity contribution is 5.92. The Balaban J connectivity index is 1.47. The third-order valence-electron chi connectivity index (χ3n) is 5.57. The zero-order valence-electron chi connectivity index (χ0n) is 16.2. The smallest absolute Gasteiger partial charge is 0.226 e. The van der Waals surface area contributed by atoms with E-state index >= 15 is 0 Å². The van der Waals surface area contributed by atoms with Gasteiger partial charge in [-0.1, -0.05) is 12.5 Å². The van der Waals surface area contributed by atoms with Crippen molar-refractivity contribution in [2.24, 2.45) is 11.7 Å². The van der Waals surface area contributed by atoms with Crippen molar-refractivity contribution in [3.05, 3.63) is 24.3 Å². The fourth-order valence-corrected chi connectivity index (χ4v) is 4.12. The van der Waals surface area contributed by atoms with Gasteiger partial charge in [0, 0.05) is 48.9 Å². The quantitative estimate of drug-likeness (QED) is 0.716. The Morgan fingerprint density at radius 3 is 2.74 bits per heavy atom. The van der Waals surface area contributed by atoms with Crippen molar-refractivity contribution in [3.63, 3.8) is 0 Å². The van der Waals surface area contributed by atoms with Crippen LogP contribution in [0.5, 0.6) is 0 Å². The number of carbonyl (C=O) groups excluding carboxylic acids is 2. The number of rotatable bonds is 6. The molecule has 4 N–H and O–H groups in total. The number of nitrogens with two attached hydrogens (primary N) is 1. The van der Waals surface area contributed by atoms with E-state index in [1.165, 1.54) is 12.8 Å². The lowest BCUT2D eigenvalue weighted by Gasteiger charge is -2.27. The Hall–Kier alpha value is -2.08. The van der Waals surface area contributed by atoms with E-state index in [0.717, 1.165) is 50.1 Å². The average Bonchev–Trinajstić information content (AvgIpc) is 3.16. The molecule has 1 saturated carbocycles. The molecule has 3 unspecified atom stereocenters. The highest BCUT2D eigenvalue weighted by Gasteiger charge is 2.26. The van der Waals surface area contributed by atoms with Gasteiger partial charge in [0.2, 0.25) is 11.8 Å². The van der Waals surface area contributed by atoms with Crippen LogP contribution in [0.25, 0.3) is 0 Å². The number of nitrogens with one attached hydrogen (secondary N) is 2. The van der Waals surface area contributed by atoms with Gasteiger partial charge in [0.05, 0.1) is 0 Å². The fraction of sp³-hybridized carbons (Fsp3) is 0.619. The molecule has 3 rings (SSSR count). The van der Waals surface area contributed by atoms with Gasteiger partial charge in [0.15, 0.2) is 0 Å². The van der Waals surface area contributed by atoms with Crippen LogP contribution in [0.1, 0.15) is 51.9 Å². The molecular weight excluding hydrogens is 340 g/mol. The number of carbonyl (C=O) groups is 2. The third-order valence-corrected chi connectivity index (χ3v) is 5.57. The predicted molar refractivity (Wildman–Crippen MR) is 109 cm³/mol. The number of anilines is 2. The van der Waals surface area contributed by atoms with Crippen LogP contribution in [-0.2, 0) is 9.59 Å². The summed E-state index contributed by atoms with van der Waals surface area (Å²) in [5, 5.41) is 5.94. The number of hydrogen-bond acceptors (Lipinski definition) is 4. The zero-order valence-corrected chi connectivity index (χ0v) is 16.2. The number of nitrogens with zero attached hydrogens (tertiary/aromatic N) is 1. The number of amides is 2. The first-order valence-electron chi connectivity index (χ1n) is 10.2. The van der Waals surface area contributed by atoms with Crippen molar-refractivity contribution in [3.8, 4) is 0 Å². The van der Waals surface area contributed by atoms with Gasteiger partial charge < -0.3 is 21.3 Å². The van der Waals surface area contributed by atoms with Crippen LogP contribution < -0.4 is 21.3 Å². The molecule has 2 fully saturated rings. The molecule has 0 spiro atoms. The summed E-state index contributed by atoms with van der Waals surface area (Å²) in [6.45, 7) is 4.03. The van der Waals surface area contributed by atoms with E-state index in [0.29, 0.717) is 0 Å². The number of hydrogen-bond donors (Lipinski definition) is 3. The maximum atomic E-state index is 12.4. The van der Waals surface area contributed by atoms with Gasteiger partial charge in [-0.2, -0.15) is 0 Å². The molecule has 3 atom stereocenters. The van der Waals surface area contributed by atoms with Gasteiger partial charge in [-0.15, -0.1) is 0 Å². The van der Waals surface area contributed by atoms with E-state index in [9.17, 15) is 9.59 Å². The molecule has 6 nitrogen and oxygen atoms in total. The maximum absolute atomic E-state index is 12.4. The highest BCUT2D eigenvalue weighted by Crippen LogP contribution is 2.24. The Morgan fingerprint density at radius 1 is 1.22 bits per heavy atom. The summed E-state index contributed by atoms with van der Waals surface area (Å²) in [5.41, 5.74) is 7.93. The van der Waals surface area contributed by atoms with Gasteiger partial charge in [0.25, 0.3) is 0 Å². The van der Waals surface area contributed by atoms with Gasteiger partial charge in [-0.25, -0.2) is 0 Å². The van der Waals surface area contributed by atoms with Crippen LogP contribution in [0.3, 0.4) is 0 Å². The Labute approximate surface area is 161 Å². The fourth-order valence-electron chi connectivity index (χ4n) is 4.12. The van der Waals surface area contributed by atoms with Crippen molar-refractivity contribution >= 4 is 23.2 Å². The van der Waals surface area contributed by atoms with Gasteiger partial charge in [-0.3, -0.25) is 9.59 Å². The molecule has 148 valence electrons. The van der Waals surface area contributed by atoms with Gasteiger partial charge in [-0.05, 0) is 57.2 Å². The molecule has 2 amide bonds. The minimum atomic E-state index is -0.197. The van der Waals surface area contributed by atoms with Crippen molar-refractivity contribution in [2.45, 2.75) is 64.0 Å². The van der Waals surface area contributed by atoms with Crippen LogP contribution in [-0.4, -0.2) is 37.0 Å². The molecule has 1 saturated heterocycles. The van der Waals surface area contributed by atoms with Crippen LogP contribution >= 0.6 is 0 Å². The molecule has 1 aromatic carbocycles. The first-order valence-corrected chi connectivity index (χ1v) is 10.2. The largest absolute Gasteiger partial charge is 0.371 e. The van der Waals surface area contributed by atoms with E-state index in [2.05, 4.69) is 21.6 Å². The first kappa shape index (κ1) is 19.7. The van der Waals surface area contributed by atoms with E-state index in [1.54, 1.807) is 0 Å². The van der Waals surface area contributed by atoms with Crippen LogP contribution in [0, 0.1) is 5.92 Å². The Morgan fingerprint density at radius 2 is 2.00 bits per heavy atom. The molecule has 27 heavy (non-hydrogen) atoms. The summed E-state index contributed by atoms with van der Waals surface area (Å²) in [5.74, 6) is -0.0698. The molecule has 1 heterocycles. The summed E-state index contributed by atoms with van der Waals surface area (Å²) in [6, 6.07) is 7.91. The predicted octanol–water partition coefficient (Wildman–Crippen LogP) is 2.64. The lowest BCUT2D eigenvalue weighted by Crippen LogP contribution is -2.42. The second-order valence-electron chi connectivity index (χ2n) is 8.03. The zero-order chi connectivity index (χ0) is 19.2. The normalized spacial score (nSPS) is 23.7. The molecule has 0 radical (unpaired) electrons. The molecule has 1 aliphatic heterocycles. The SMILES string of the molecule is CC(CC(=O)Nc1cccc(N2CCCC2)c1)NC(=O)C1CCCC(N)C1. The second kappa shape index (κ2) is 9.22. The van der Waals surface area contributed by atoms with Crippen molar-refractivity contribution < 1.29 is 9.59 Å². The minimum absolute atomic E-state index is 0.0172. The van der Waals surface area contributed by atoms with Crippen LogP contribution in [0.15, 0.2) is 24.3 Å². The molecule has 0 bridgehead atoms. The molecule has 2 aliphatic rings. The van der Waals surface area contributed by atoms with Gasteiger partial charge >= 0.3 is 0 Å². The second-order valence-corrected chi connectivity index (χ2v) is 8.03. The van der Waals surface area contributed by atoms with E-state index in [1.807, 2.05) is 25.1 Å². The lowest BCUT2D eigenvalue weighted by atomic mass is 9.85. The molecule has 0 aromatic heterocycles. The van der Waals surface area contributed by atoms with E-state index in [4.69, 9.17) is 5.73 Å². The molecule has 6 heteroatoms. The van der Waals surface area contributed by atoms with E-state index < -0.39 is 0 Å². The van der Waals surface area contributed by atoms with Gasteiger partial charge in [0.1, 0.15) is 0 Å². The van der Waals surface area contributed by atoms with Crippen molar-refractivity contribution in [1.82, 2.24) is 5.32 Å². The van der Waals surface area contributed by atoms with Crippen molar-refractivity contribution in [2.75, 3.05) is 23.3 Å². The summed E-state index contributed by atoms with van der Waals surface area (Å²) in [4.78, 5) is 27.1. The Bertz CT molecular complexity index is 657. The highest BCUT2D eigenvalue weighted by atomic mass is 16.2. The summed E-state index contributed by atoms with van der Waals surface area (Å²) >= 11 is 0. The summed E-state index contributed by atoms with van der Waals surface area (Å²) in [7, 11) is 0. The monoisotopic (exact) mass is 372 g/mol. The maximum Gasteiger partial charge on any atom is 0.226 e. The summed E-state index contributed by atoms with van der Waals surface area (Å²) < 4.78 is 0. The number of benzene rings is 1. The van der Waals surface area contributed by atoms with Crippen LogP contribution in [0.2, 0.25) is 0 Å². The average molecular weight is 373 g/mol. The molecule has 1 aliphatic carbocycles. The first-order chi connectivity index (χ1) is 13.0. The minimum Gasteiger partial charge on any atom is -0.371 e. The van der Waals surface area contributed by atoms with Crippen molar-refractivity contribution in [1.29, 1.82) is 0 Å². The molecular formula is C21H32N4O2. The topological polar surface area (TPSA) is 87.5 Å². The lowest BCUT2D eigenvalue weighted by molar-refractivity contribution is -0.127. The summed E-state index contributed by atoms with van der Waals surface area (Å²) in [6.07, 6.45) is 6.34. The molecule has 1 aromatic rings. The van der Waals surface area contributed by atoms with Crippen LogP contribution in [0.4, 0.5) is 11.4 Å². The Kier molecular flexibility index (Phi) is 6.72. The van der Waals surface area contributed by atoms with E-state index in [-0.39, 0.29) is 36.2 Å². The standard InChI is InChI=1S/C21H32N4O2/c1-15(23-21(27)16-6-4-7-17(22)13-16)12-20(26)24-18-8-5-9-19(14-18)25-10-2-3-11-25/h5,8-9,14-17H,2-4,6-7,10-13,22H2,1H3,(H,23,27)(H,24,26). The third kappa shape index (κ3) is 5.70.